The lowest BCUT2D eigenvalue weighted by molar-refractivity contribution is 0.211. The van der Waals surface area contributed by atoms with Crippen LogP contribution in [-0.4, -0.2) is 6.54 Å². The van der Waals surface area contributed by atoms with Crippen LogP contribution in [0.3, 0.4) is 0 Å². The Kier molecular flexibility index (Phi) is 3.66. The first-order chi connectivity index (χ1) is 9.56. The fourth-order valence-corrected chi connectivity index (χ4v) is 4.49. The largest absolute Gasteiger partial charge is 0.330 e. The monoisotopic (exact) mass is 271 g/mol. The van der Waals surface area contributed by atoms with Gasteiger partial charge < -0.3 is 5.73 Å². The van der Waals surface area contributed by atoms with E-state index in [1.54, 1.807) is 11.1 Å². The summed E-state index contributed by atoms with van der Waals surface area (Å²) in [5.74, 6) is 0.749. The van der Waals surface area contributed by atoms with Crippen LogP contribution in [-0.2, 0) is 5.41 Å². The van der Waals surface area contributed by atoms with Gasteiger partial charge in [-0.25, -0.2) is 0 Å². The van der Waals surface area contributed by atoms with E-state index in [1.807, 2.05) is 0 Å². The number of nitrogens with two attached hydrogens (primary N) is 1. The summed E-state index contributed by atoms with van der Waals surface area (Å²) >= 11 is 0. The minimum atomic E-state index is 0.304. The van der Waals surface area contributed by atoms with Gasteiger partial charge in [0.05, 0.1) is 0 Å². The maximum absolute atomic E-state index is 6.15. The van der Waals surface area contributed by atoms with Crippen LogP contribution < -0.4 is 5.73 Å². The third kappa shape index (κ3) is 2.41. The molecule has 1 nitrogen and oxygen atoms in total. The molecular formula is C19H29N. The van der Waals surface area contributed by atoms with E-state index in [0.717, 1.165) is 12.5 Å². The summed E-state index contributed by atoms with van der Waals surface area (Å²) in [4.78, 5) is 0. The SMILES string of the molecule is CC1(C)CCCC(c2ccccc2C2(CN)CCC2)C1. The van der Waals surface area contributed by atoms with Crippen LogP contribution in [0.4, 0.5) is 0 Å². The van der Waals surface area contributed by atoms with E-state index in [-0.39, 0.29) is 0 Å². The summed E-state index contributed by atoms with van der Waals surface area (Å²) in [6.07, 6.45) is 9.38. The molecule has 3 rings (SSSR count). The maximum Gasteiger partial charge on any atom is 0.00784 e. The molecule has 1 aromatic rings. The van der Waals surface area contributed by atoms with Crippen LogP contribution in [0.1, 0.15) is 75.8 Å². The van der Waals surface area contributed by atoms with Gasteiger partial charge in [-0.15, -0.1) is 0 Å². The lowest BCUT2D eigenvalue weighted by Crippen LogP contribution is -2.42. The molecule has 0 aliphatic heterocycles. The molecule has 0 saturated heterocycles. The molecule has 1 atom stereocenters. The van der Waals surface area contributed by atoms with Gasteiger partial charge in [-0.05, 0) is 54.6 Å². The van der Waals surface area contributed by atoms with Crippen molar-refractivity contribution in [1.82, 2.24) is 0 Å². The van der Waals surface area contributed by atoms with Crippen molar-refractivity contribution in [1.29, 1.82) is 0 Å². The van der Waals surface area contributed by atoms with Gasteiger partial charge in [0.15, 0.2) is 0 Å². The van der Waals surface area contributed by atoms with Crippen LogP contribution in [0.25, 0.3) is 0 Å². The quantitative estimate of drug-likeness (QED) is 0.843. The van der Waals surface area contributed by atoms with Crippen LogP contribution in [0.5, 0.6) is 0 Å². The van der Waals surface area contributed by atoms with E-state index in [2.05, 4.69) is 38.1 Å². The second-order valence-corrected chi connectivity index (χ2v) is 7.88. The zero-order valence-electron chi connectivity index (χ0n) is 13.1. The van der Waals surface area contributed by atoms with Gasteiger partial charge in [-0.3, -0.25) is 0 Å². The summed E-state index contributed by atoms with van der Waals surface area (Å²) in [5, 5.41) is 0. The zero-order valence-corrected chi connectivity index (χ0v) is 13.1. The second-order valence-electron chi connectivity index (χ2n) is 7.88. The standard InChI is InChI=1S/C19H29N/c1-18(2)10-5-7-15(13-18)16-8-3-4-9-17(16)19(14-20)11-6-12-19/h3-4,8-9,15H,5-7,10-14,20H2,1-2H3. The lowest BCUT2D eigenvalue weighted by Gasteiger charge is -2.45. The first-order valence-electron chi connectivity index (χ1n) is 8.36. The molecule has 0 amide bonds. The van der Waals surface area contributed by atoms with Gasteiger partial charge in [0, 0.05) is 12.0 Å². The summed E-state index contributed by atoms with van der Waals surface area (Å²) in [5.41, 5.74) is 10.2. The summed E-state index contributed by atoms with van der Waals surface area (Å²) in [6, 6.07) is 9.19. The predicted molar refractivity (Wildman–Crippen MR) is 86.0 cm³/mol. The highest BCUT2D eigenvalue weighted by atomic mass is 14.6. The first kappa shape index (κ1) is 14.1. The van der Waals surface area contributed by atoms with Gasteiger partial charge in [0.25, 0.3) is 0 Å². The van der Waals surface area contributed by atoms with Gasteiger partial charge in [0.1, 0.15) is 0 Å². The molecule has 1 heteroatoms. The zero-order chi connectivity index (χ0) is 14.2. The minimum Gasteiger partial charge on any atom is -0.330 e. The summed E-state index contributed by atoms with van der Waals surface area (Å²) in [7, 11) is 0. The number of benzene rings is 1. The highest BCUT2D eigenvalue weighted by Crippen LogP contribution is 2.49. The van der Waals surface area contributed by atoms with Crippen molar-refractivity contribution in [3.8, 4) is 0 Å². The molecule has 2 aliphatic carbocycles. The molecule has 2 N–H and O–H groups in total. The summed E-state index contributed by atoms with van der Waals surface area (Å²) < 4.78 is 0. The Hall–Kier alpha value is -0.820. The highest BCUT2D eigenvalue weighted by Gasteiger charge is 2.40. The van der Waals surface area contributed by atoms with Crippen LogP contribution in [0, 0.1) is 5.41 Å². The molecule has 1 unspecified atom stereocenters. The molecule has 0 radical (unpaired) electrons. The molecule has 2 saturated carbocycles. The average molecular weight is 271 g/mol. The fourth-order valence-electron chi connectivity index (χ4n) is 4.49. The average Bonchev–Trinajstić information content (AvgIpc) is 2.37. The third-order valence-electron chi connectivity index (χ3n) is 5.88. The topological polar surface area (TPSA) is 26.0 Å². The Morgan fingerprint density at radius 3 is 2.45 bits per heavy atom. The van der Waals surface area contributed by atoms with Crippen LogP contribution >= 0.6 is 0 Å². The molecular weight excluding hydrogens is 242 g/mol. The summed E-state index contributed by atoms with van der Waals surface area (Å²) in [6.45, 7) is 5.69. The van der Waals surface area contributed by atoms with Gasteiger partial charge >= 0.3 is 0 Å². The van der Waals surface area contributed by atoms with E-state index in [9.17, 15) is 0 Å². The minimum absolute atomic E-state index is 0.304. The Morgan fingerprint density at radius 2 is 1.85 bits per heavy atom. The molecule has 110 valence electrons. The molecule has 0 heterocycles. The number of hydrogen-bond acceptors (Lipinski definition) is 1. The Bertz CT molecular complexity index is 465. The molecule has 0 spiro atoms. The van der Waals surface area contributed by atoms with E-state index >= 15 is 0 Å². The smallest absolute Gasteiger partial charge is 0.00784 e. The fraction of sp³-hybridized carbons (Fsp3) is 0.684. The maximum atomic E-state index is 6.15. The van der Waals surface area contributed by atoms with E-state index in [0.29, 0.717) is 10.8 Å². The van der Waals surface area contributed by atoms with Crippen molar-refractivity contribution < 1.29 is 0 Å². The van der Waals surface area contributed by atoms with Gasteiger partial charge in [-0.2, -0.15) is 0 Å². The van der Waals surface area contributed by atoms with Gasteiger partial charge in [0.2, 0.25) is 0 Å². The Balaban J connectivity index is 1.94. The number of hydrogen-bond donors (Lipinski definition) is 1. The Morgan fingerprint density at radius 1 is 1.10 bits per heavy atom. The molecule has 1 aromatic carbocycles. The molecule has 20 heavy (non-hydrogen) atoms. The second kappa shape index (κ2) is 5.18. The van der Waals surface area contributed by atoms with E-state index in [1.165, 1.54) is 44.9 Å². The molecule has 2 fully saturated rings. The Labute approximate surface area is 124 Å². The predicted octanol–water partition coefficient (Wildman–Crippen LogP) is 4.75. The first-order valence-corrected chi connectivity index (χ1v) is 8.36. The van der Waals surface area contributed by atoms with Crippen molar-refractivity contribution in [3.05, 3.63) is 35.4 Å². The van der Waals surface area contributed by atoms with Crippen LogP contribution in [0.2, 0.25) is 0 Å². The normalized spacial score (nSPS) is 27.9. The van der Waals surface area contributed by atoms with E-state index in [4.69, 9.17) is 5.73 Å². The van der Waals surface area contributed by atoms with Crippen LogP contribution in [0.15, 0.2) is 24.3 Å². The number of rotatable bonds is 3. The molecule has 2 aliphatic rings. The van der Waals surface area contributed by atoms with Crippen molar-refractivity contribution in [2.24, 2.45) is 11.1 Å². The van der Waals surface area contributed by atoms with Crippen molar-refractivity contribution in [2.45, 2.75) is 70.1 Å². The van der Waals surface area contributed by atoms with Gasteiger partial charge in [-0.1, -0.05) is 51.0 Å². The third-order valence-corrected chi connectivity index (χ3v) is 5.88. The van der Waals surface area contributed by atoms with E-state index < -0.39 is 0 Å². The molecule has 0 aromatic heterocycles. The van der Waals surface area contributed by atoms with Crippen molar-refractivity contribution in [2.75, 3.05) is 6.54 Å². The molecule has 0 bridgehead atoms. The highest BCUT2D eigenvalue weighted by molar-refractivity contribution is 5.39. The van der Waals surface area contributed by atoms with Crippen molar-refractivity contribution in [3.63, 3.8) is 0 Å². The lowest BCUT2D eigenvalue weighted by atomic mass is 9.61. The van der Waals surface area contributed by atoms with Crippen molar-refractivity contribution >= 4 is 0 Å².